The van der Waals surface area contributed by atoms with Gasteiger partial charge in [0.15, 0.2) is 0 Å². The smallest absolute Gasteiger partial charge is 0.253 e. The van der Waals surface area contributed by atoms with Crippen LogP contribution in [-0.4, -0.2) is 37.4 Å². The zero-order valence-corrected chi connectivity index (χ0v) is 14.9. The second-order valence-corrected chi connectivity index (χ2v) is 6.16. The highest BCUT2D eigenvalue weighted by molar-refractivity contribution is 6.30. The van der Waals surface area contributed by atoms with E-state index in [1.165, 1.54) is 6.92 Å². The van der Waals surface area contributed by atoms with Crippen molar-refractivity contribution >= 4 is 29.1 Å². The summed E-state index contributed by atoms with van der Waals surface area (Å²) in [6, 6.07) is 14.7. The van der Waals surface area contributed by atoms with Crippen LogP contribution in [0.2, 0.25) is 5.02 Å². The fourth-order valence-electron chi connectivity index (χ4n) is 2.28. The van der Waals surface area contributed by atoms with E-state index >= 15 is 0 Å². The molecule has 0 heterocycles. The van der Waals surface area contributed by atoms with Crippen LogP contribution in [0.1, 0.15) is 22.8 Å². The van der Waals surface area contributed by atoms with Gasteiger partial charge in [-0.25, -0.2) is 0 Å². The number of hydrogen-bond donors (Lipinski definition) is 0. The number of halogens is 1. The molecule has 0 aliphatic rings. The Morgan fingerprint density at radius 2 is 1.54 bits per heavy atom. The first-order chi connectivity index (χ1) is 11.4. The van der Waals surface area contributed by atoms with Crippen LogP contribution < -0.4 is 4.90 Å². The number of rotatable bonds is 5. The third-order valence-electron chi connectivity index (χ3n) is 3.97. The summed E-state index contributed by atoms with van der Waals surface area (Å²) in [6.07, 6.45) is 0.768. The van der Waals surface area contributed by atoms with Crippen LogP contribution in [0.25, 0.3) is 0 Å². The maximum Gasteiger partial charge on any atom is 0.253 e. The molecule has 24 heavy (non-hydrogen) atoms. The Labute approximate surface area is 147 Å². The summed E-state index contributed by atoms with van der Waals surface area (Å²) >= 11 is 5.87. The predicted molar refractivity (Wildman–Crippen MR) is 97.6 cm³/mol. The molecular weight excluding hydrogens is 324 g/mol. The molecule has 0 fully saturated rings. The van der Waals surface area contributed by atoms with Crippen molar-refractivity contribution in [3.63, 3.8) is 0 Å². The van der Waals surface area contributed by atoms with Crippen molar-refractivity contribution in [3.05, 3.63) is 64.7 Å². The molecule has 0 atom stereocenters. The minimum absolute atomic E-state index is 0.0407. The van der Waals surface area contributed by atoms with Gasteiger partial charge in [-0.2, -0.15) is 0 Å². The highest BCUT2D eigenvalue weighted by Gasteiger charge is 2.13. The van der Waals surface area contributed by atoms with Crippen molar-refractivity contribution in [1.82, 2.24) is 4.90 Å². The third-order valence-corrected chi connectivity index (χ3v) is 4.22. The lowest BCUT2D eigenvalue weighted by Crippen LogP contribution is -2.29. The molecule has 0 spiro atoms. The van der Waals surface area contributed by atoms with Crippen LogP contribution in [-0.2, 0) is 11.2 Å². The maximum absolute atomic E-state index is 12.5. The molecule has 0 unspecified atom stereocenters. The van der Waals surface area contributed by atoms with E-state index in [0.29, 0.717) is 17.1 Å². The van der Waals surface area contributed by atoms with Gasteiger partial charge in [0.1, 0.15) is 0 Å². The second kappa shape index (κ2) is 7.97. The van der Waals surface area contributed by atoms with Crippen LogP contribution in [0, 0.1) is 0 Å². The Kier molecular flexibility index (Phi) is 5.99. The number of nitrogens with zero attached hydrogens (tertiary/aromatic N) is 2. The Morgan fingerprint density at radius 1 is 0.958 bits per heavy atom. The van der Waals surface area contributed by atoms with Crippen molar-refractivity contribution in [1.29, 1.82) is 0 Å². The molecule has 0 N–H and O–H groups in total. The molecule has 0 aliphatic carbocycles. The number of benzene rings is 2. The summed E-state index contributed by atoms with van der Waals surface area (Å²) in [5.74, 6) is -0.0878. The van der Waals surface area contributed by atoms with Gasteiger partial charge in [-0.15, -0.1) is 0 Å². The molecule has 2 rings (SSSR count). The second-order valence-electron chi connectivity index (χ2n) is 5.73. The van der Waals surface area contributed by atoms with E-state index in [0.717, 1.165) is 17.7 Å². The Hall–Kier alpha value is -2.33. The summed E-state index contributed by atoms with van der Waals surface area (Å²) in [5, 5.41) is 0.707. The average Bonchev–Trinajstić information content (AvgIpc) is 2.59. The first-order valence-corrected chi connectivity index (χ1v) is 8.10. The fraction of sp³-hybridized carbons (Fsp3) is 0.263. The largest absolute Gasteiger partial charge is 0.341 e. The first-order valence-electron chi connectivity index (χ1n) is 7.72. The lowest BCUT2D eigenvalue weighted by molar-refractivity contribution is -0.116. The normalized spacial score (nSPS) is 10.3. The zero-order valence-electron chi connectivity index (χ0n) is 14.1. The number of hydrogen-bond acceptors (Lipinski definition) is 2. The van der Waals surface area contributed by atoms with Crippen molar-refractivity contribution in [3.8, 4) is 0 Å². The summed E-state index contributed by atoms with van der Waals surface area (Å²) in [7, 11) is 3.49. The van der Waals surface area contributed by atoms with Crippen molar-refractivity contribution < 1.29 is 9.59 Å². The summed E-state index contributed by atoms with van der Waals surface area (Å²) in [6.45, 7) is 2.12. The number of amides is 2. The SMILES string of the molecule is CC(=O)N(C)c1ccc(C(=O)N(C)CCc2ccc(Cl)cc2)cc1. The van der Waals surface area contributed by atoms with E-state index < -0.39 is 0 Å². The van der Waals surface area contributed by atoms with E-state index in [2.05, 4.69) is 0 Å². The third kappa shape index (κ3) is 4.59. The van der Waals surface area contributed by atoms with E-state index in [4.69, 9.17) is 11.6 Å². The van der Waals surface area contributed by atoms with Crippen molar-refractivity contribution in [2.45, 2.75) is 13.3 Å². The monoisotopic (exact) mass is 344 g/mol. The van der Waals surface area contributed by atoms with Gasteiger partial charge in [0, 0.05) is 43.8 Å². The van der Waals surface area contributed by atoms with Gasteiger partial charge in [0.05, 0.1) is 0 Å². The van der Waals surface area contributed by atoms with Crippen LogP contribution in [0.3, 0.4) is 0 Å². The summed E-state index contributed by atoms with van der Waals surface area (Å²) in [4.78, 5) is 27.0. The van der Waals surface area contributed by atoms with Crippen molar-refractivity contribution in [2.75, 3.05) is 25.5 Å². The van der Waals surface area contributed by atoms with Crippen molar-refractivity contribution in [2.24, 2.45) is 0 Å². The highest BCUT2D eigenvalue weighted by atomic mass is 35.5. The molecular formula is C19H21ClN2O2. The molecule has 4 nitrogen and oxygen atoms in total. The van der Waals surface area contributed by atoms with E-state index in [-0.39, 0.29) is 11.8 Å². The topological polar surface area (TPSA) is 40.6 Å². The van der Waals surface area contributed by atoms with E-state index in [1.54, 1.807) is 48.2 Å². The lowest BCUT2D eigenvalue weighted by Gasteiger charge is -2.19. The van der Waals surface area contributed by atoms with E-state index in [9.17, 15) is 9.59 Å². The van der Waals surface area contributed by atoms with Gasteiger partial charge >= 0.3 is 0 Å². The van der Waals surface area contributed by atoms with E-state index in [1.807, 2.05) is 24.3 Å². The molecule has 0 aliphatic heterocycles. The predicted octanol–water partition coefficient (Wildman–Crippen LogP) is 3.64. The van der Waals surface area contributed by atoms with Crippen LogP contribution >= 0.6 is 11.6 Å². The number of anilines is 1. The fourth-order valence-corrected chi connectivity index (χ4v) is 2.41. The van der Waals surface area contributed by atoms with Gasteiger partial charge in [-0.05, 0) is 48.4 Å². The van der Waals surface area contributed by atoms with Gasteiger partial charge < -0.3 is 9.80 Å². The molecule has 126 valence electrons. The van der Waals surface area contributed by atoms with Gasteiger partial charge in [-0.1, -0.05) is 23.7 Å². The molecule has 2 aromatic carbocycles. The minimum atomic E-state index is -0.0471. The van der Waals surface area contributed by atoms with Gasteiger partial charge in [0.2, 0.25) is 5.91 Å². The summed E-state index contributed by atoms with van der Waals surface area (Å²) < 4.78 is 0. The lowest BCUT2D eigenvalue weighted by atomic mass is 10.1. The molecule has 0 aromatic heterocycles. The Morgan fingerprint density at radius 3 is 2.08 bits per heavy atom. The molecule has 5 heteroatoms. The Balaban J connectivity index is 1.97. The number of likely N-dealkylation sites (N-methyl/N-ethyl adjacent to an activating group) is 1. The number of carbonyl (C=O) groups excluding carboxylic acids is 2. The standard InChI is InChI=1S/C19H21ClN2O2/c1-14(23)22(3)18-10-6-16(7-11-18)19(24)21(2)13-12-15-4-8-17(20)9-5-15/h4-11H,12-13H2,1-3H3. The molecule has 0 radical (unpaired) electrons. The molecule has 0 bridgehead atoms. The molecule has 0 saturated heterocycles. The quantitative estimate of drug-likeness (QED) is 0.831. The van der Waals surface area contributed by atoms with Gasteiger partial charge in [0.25, 0.3) is 5.91 Å². The summed E-state index contributed by atoms with van der Waals surface area (Å²) in [5.41, 5.74) is 2.51. The van der Waals surface area contributed by atoms with Crippen LogP contribution in [0.4, 0.5) is 5.69 Å². The van der Waals surface area contributed by atoms with Crippen LogP contribution in [0.5, 0.6) is 0 Å². The maximum atomic E-state index is 12.5. The zero-order chi connectivity index (χ0) is 17.7. The number of carbonyl (C=O) groups is 2. The highest BCUT2D eigenvalue weighted by Crippen LogP contribution is 2.15. The average molecular weight is 345 g/mol. The van der Waals surface area contributed by atoms with Gasteiger partial charge in [-0.3, -0.25) is 9.59 Å². The molecule has 0 saturated carbocycles. The molecule has 2 amide bonds. The van der Waals surface area contributed by atoms with Crippen LogP contribution in [0.15, 0.2) is 48.5 Å². The molecule has 2 aromatic rings. The Bertz CT molecular complexity index is 711. The first kappa shape index (κ1) is 18.0. The minimum Gasteiger partial charge on any atom is -0.341 e.